The number of unbranched alkanes of at least 4 members (excludes halogenated alkanes) is 1. The summed E-state index contributed by atoms with van der Waals surface area (Å²) in [4.78, 5) is 38.9. The molecule has 1 N–H and O–H groups in total. The molecule has 9 nitrogen and oxygen atoms in total. The average Bonchev–Trinajstić information content (AvgIpc) is 2.77. The lowest BCUT2D eigenvalue weighted by Gasteiger charge is -2.31. The SMILES string of the molecule is CCCCNc1nc(N(C(=O)OC(C)(C)C)C(=O)OC(C)(C)C)nc2c1CCN(Cc1ccccc1)C2. The molecule has 1 aromatic heterocycles. The number of nitrogens with zero attached hydrogens (tertiary/aromatic N) is 4. The van der Waals surface area contributed by atoms with Crippen molar-refractivity contribution >= 4 is 24.0 Å². The zero-order chi connectivity index (χ0) is 27.2. The Hall–Kier alpha value is -3.20. The molecule has 0 saturated heterocycles. The van der Waals surface area contributed by atoms with Gasteiger partial charge in [0.2, 0.25) is 5.95 Å². The first kappa shape index (κ1) is 28.4. The van der Waals surface area contributed by atoms with Gasteiger partial charge in [-0.05, 0) is 59.9 Å². The highest BCUT2D eigenvalue weighted by molar-refractivity contribution is 6.08. The quantitative estimate of drug-likeness (QED) is 0.457. The topological polar surface area (TPSA) is 96.9 Å². The highest BCUT2D eigenvalue weighted by Gasteiger charge is 2.36. The van der Waals surface area contributed by atoms with Crippen LogP contribution in [0, 0.1) is 0 Å². The Kier molecular flexibility index (Phi) is 9.12. The number of benzene rings is 1. The Labute approximate surface area is 220 Å². The van der Waals surface area contributed by atoms with E-state index in [1.54, 1.807) is 41.5 Å². The number of ether oxygens (including phenoxy) is 2. The second-order valence-electron chi connectivity index (χ2n) is 11.3. The molecule has 0 unspecified atom stereocenters. The maximum atomic E-state index is 13.2. The second-order valence-corrected chi connectivity index (χ2v) is 11.3. The molecule has 9 heteroatoms. The van der Waals surface area contributed by atoms with Gasteiger partial charge in [0, 0.05) is 31.7 Å². The van der Waals surface area contributed by atoms with Crippen LogP contribution in [0.25, 0.3) is 0 Å². The number of amides is 2. The van der Waals surface area contributed by atoms with Crippen LogP contribution in [0.5, 0.6) is 0 Å². The summed E-state index contributed by atoms with van der Waals surface area (Å²) in [6, 6.07) is 10.3. The fourth-order valence-corrected chi connectivity index (χ4v) is 3.93. The van der Waals surface area contributed by atoms with E-state index < -0.39 is 23.4 Å². The van der Waals surface area contributed by atoms with Gasteiger partial charge in [-0.15, -0.1) is 4.90 Å². The minimum absolute atomic E-state index is 0.0530. The monoisotopic (exact) mass is 511 g/mol. The molecule has 1 aromatic carbocycles. The van der Waals surface area contributed by atoms with E-state index in [2.05, 4.69) is 34.3 Å². The molecule has 0 saturated carbocycles. The van der Waals surface area contributed by atoms with Crippen LogP contribution in [0.4, 0.5) is 21.4 Å². The zero-order valence-corrected chi connectivity index (χ0v) is 23.3. The third kappa shape index (κ3) is 8.42. The van der Waals surface area contributed by atoms with Crippen molar-refractivity contribution in [2.45, 2.75) is 92.0 Å². The van der Waals surface area contributed by atoms with Crippen LogP contribution in [0.15, 0.2) is 30.3 Å². The maximum absolute atomic E-state index is 13.2. The lowest BCUT2D eigenvalue weighted by atomic mass is 10.0. The molecule has 1 aliphatic rings. The van der Waals surface area contributed by atoms with E-state index in [0.29, 0.717) is 12.4 Å². The number of anilines is 2. The minimum atomic E-state index is -0.877. The zero-order valence-electron chi connectivity index (χ0n) is 23.3. The van der Waals surface area contributed by atoms with Crippen molar-refractivity contribution in [3.8, 4) is 0 Å². The first-order chi connectivity index (χ1) is 17.4. The van der Waals surface area contributed by atoms with E-state index in [4.69, 9.17) is 14.5 Å². The lowest BCUT2D eigenvalue weighted by molar-refractivity contribution is 0.0427. The second kappa shape index (κ2) is 11.9. The van der Waals surface area contributed by atoms with Crippen molar-refractivity contribution in [1.82, 2.24) is 14.9 Å². The van der Waals surface area contributed by atoms with E-state index in [0.717, 1.165) is 55.1 Å². The third-order valence-electron chi connectivity index (χ3n) is 5.56. The summed E-state index contributed by atoms with van der Waals surface area (Å²) in [5, 5.41) is 3.41. The van der Waals surface area contributed by atoms with E-state index >= 15 is 0 Å². The van der Waals surface area contributed by atoms with Crippen LogP contribution in [0.1, 0.15) is 78.1 Å². The van der Waals surface area contributed by atoms with Gasteiger partial charge in [-0.3, -0.25) is 4.90 Å². The standard InChI is InChI=1S/C28H41N5O4/c1-8-9-16-29-23-21-15-17-32(18-20-13-11-10-12-14-20)19-22(21)30-24(31-23)33(25(34)36-27(2,3)4)26(35)37-28(5,6)7/h10-14H,8-9,15-19H2,1-7H3,(H,29,30,31). The minimum Gasteiger partial charge on any atom is -0.443 e. The molecule has 0 atom stereocenters. The van der Waals surface area contributed by atoms with Crippen LogP contribution >= 0.6 is 0 Å². The van der Waals surface area contributed by atoms with Gasteiger partial charge in [0.05, 0.1) is 5.69 Å². The fourth-order valence-electron chi connectivity index (χ4n) is 3.93. The van der Waals surface area contributed by atoms with Gasteiger partial charge in [-0.2, -0.15) is 4.98 Å². The van der Waals surface area contributed by atoms with Crippen LogP contribution in [-0.4, -0.2) is 51.3 Å². The molecule has 2 aromatic rings. The van der Waals surface area contributed by atoms with Gasteiger partial charge < -0.3 is 14.8 Å². The van der Waals surface area contributed by atoms with Crippen molar-refractivity contribution in [1.29, 1.82) is 0 Å². The predicted octanol–water partition coefficient (Wildman–Crippen LogP) is 5.92. The number of rotatable bonds is 7. The average molecular weight is 512 g/mol. The Morgan fingerprint density at radius 1 is 1.00 bits per heavy atom. The third-order valence-corrected chi connectivity index (χ3v) is 5.56. The highest BCUT2D eigenvalue weighted by atomic mass is 16.6. The molecule has 1 aliphatic heterocycles. The number of imide groups is 1. The summed E-state index contributed by atoms with van der Waals surface area (Å²) in [7, 11) is 0. The summed E-state index contributed by atoms with van der Waals surface area (Å²) in [5.74, 6) is 0.590. The number of hydrogen-bond donors (Lipinski definition) is 1. The van der Waals surface area contributed by atoms with Crippen molar-refractivity contribution in [2.75, 3.05) is 23.3 Å². The van der Waals surface area contributed by atoms with Gasteiger partial charge in [0.25, 0.3) is 0 Å². The molecule has 2 amide bonds. The molecular weight excluding hydrogens is 470 g/mol. The number of hydrogen-bond acceptors (Lipinski definition) is 8. The van der Waals surface area contributed by atoms with Gasteiger partial charge >= 0.3 is 12.2 Å². The normalized spacial score (nSPS) is 14.0. The Bertz CT molecular complexity index is 1050. The summed E-state index contributed by atoms with van der Waals surface area (Å²) < 4.78 is 11.1. The largest absolute Gasteiger partial charge is 0.443 e. The molecule has 0 radical (unpaired) electrons. The van der Waals surface area contributed by atoms with E-state index in [9.17, 15) is 9.59 Å². The summed E-state index contributed by atoms with van der Waals surface area (Å²) in [6.07, 6.45) is 1.00. The smallest absolute Gasteiger partial charge is 0.427 e. The molecule has 2 heterocycles. The number of nitrogens with one attached hydrogen (secondary N) is 1. The Balaban J connectivity index is 2.01. The molecule has 37 heavy (non-hydrogen) atoms. The number of aromatic nitrogens is 2. The van der Waals surface area contributed by atoms with Crippen molar-refractivity contribution in [3.63, 3.8) is 0 Å². The predicted molar refractivity (Wildman–Crippen MR) is 145 cm³/mol. The molecule has 202 valence electrons. The van der Waals surface area contributed by atoms with Crippen molar-refractivity contribution in [2.24, 2.45) is 0 Å². The molecular formula is C28H41N5O4. The number of carbonyl (C=O) groups excluding carboxylic acids is 2. The van der Waals surface area contributed by atoms with E-state index in [-0.39, 0.29) is 5.95 Å². The van der Waals surface area contributed by atoms with Crippen LogP contribution in [0.3, 0.4) is 0 Å². The van der Waals surface area contributed by atoms with Crippen LogP contribution < -0.4 is 10.2 Å². The van der Waals surface area contributed by atoms with Gasteiger partial charge in [-0.1, -0.05) is 43.7 Å². The van der Waals surface area contributed by atoms with Gasteiger partial charge in [0.1, 0.15) is 17.0 Å². The lowest BCUT2D eigenvalue weighted by Crippen LogP contribution is -2.45. The fraction of sp³-hybridized carbons (Fsp3) is 0.571. The Morgan fingerprint density at radius 2 is 1.62 bits per heavy atom. The van der Waals surface area contributed by atoms with Gasteiger partial charge in [-0.25, -0.2) is 14.6 Å². The van der Waals surface area contributed by atoms with E-state index in [1.165, 1.54) is 5.56 Å². The number of carbonyl (C=O) groups is 2. The van der Waals surface area contributed by atoms with E-state index in [1.807, 2.05) is 18.2 Å². The van der Waals surface area contributed by atoms with Crippen LogP contribution in [-0.2, 0) is 29.0 Å². The molecule has 0 fully saturated rings. The van der Waals surface area contributed by atoms with Crippen molar-refractivity contribution < 1.29 is 19.1 Å². The summed E-state index contributed by atoms with van der Waals surface area (Å²) in [6.45, 7) is 15.5. The van der Waals surface area contributed by atoms with Gasteiger partial charge in [0.15, 0.2) is 0 Å². The first-order valence-electron chi connectivity index (χ1n) is 13.0. The number of fused-ring (bicyclic) bond motifs is 1. The maximum Gasteiger partial charge on any atom is 0.427 e. The summed E-state index contributed by atoms with van der Waals surface area (Å²) >= 11 is 0. The van der Waals surface area contributed by atoms with Crippen LogP contribution in [0.2, 0.25) is 0 Å². The molecule has 0 spiro atoms. The first-order valence-corrected chi connectivity index (χ1v) is 13.0. The van der Waals surface area contributed by atoms with Crippen molar-refractivity contribution in [3.05, 3.63) is 47.2 Å². The molecule has 3 rings (SSSR count). The summed E-state index contributed by atoms with van der Waals surface area (Å²) in [5.41, 5.74) is 1.37. The molecule has 0 bridgehead atoms. The Morgan fingerprint density at radius 3 is 2.19 bits per heavy atom. The molecule has 0 aliphatic carbocycles. The highest BCUT2D eigenvalue weighted by Crippen LogP contribution is 2.29.